The van der Waals surface area contributed by atoms with Crippen LogP contribution >= 0.6 is 15.9 Å². The predicted molar refractivity (Wildman–Crippen MR) is 60.6 cm³/mol. The van der Waals surface area contributed by atoms with Crippen molar-refractivity contribution in [2.45, 2.75) is 6.42 Å². The summed E-state index contributed by atoms with van der Waals surface area (Å²) >= 11 is 3.11. The number of hydrogen-bond donors (Lipinski definition) is 1. The summed E-state index contributed by atoms with van der Waals surface area (Å²) in [7, 11) is 0. The third-order valence-electron chi connectivity index (χ3n) is 2.48. The monoisotopic (exact) mass is 267 g/mol. The smallest absolute Gasteiger partial charge is 0.251 e. The first-order valence-corrected chi connectivity index (χ1v) is 5.85. The van der Waals surface area contributed by atoms with Crippen molar-refractivity contribution in [1.29, 1.82) is 0 Å². The molecule has 1 aromatic rings. The molecule has 0 spiro atoms. The molecule has 0 radical (unpaired) electrons. The maximum absolute atomic E-state index is 11.5. The van der Waals surface area contributed by atoms with Gasteiger partial charge in [0.25, 0.3) is 5.91 Å². The van der Waals surface area contributed by atoms with Crippen molar-refractivity contribution in [1.82, 2.24) is 5.32 Å². The number of alkyl halides is 1. The second-order valence-electron chi connectivity index (χ2n) is 3.43. The van der Waals surface area contributed by atoms with Gasteiger partial charge in [0.2, 0.25) is 0 Å². The lowest BCUT2D eigenvalue weighted by atomic mass is 9.97. The summed E-state index contributed by atoms with van der Waals surface area (Å²) in [4.78, 5) is 22.9. The van der Waals surface area contributed by atoms with Crippen molar-refractivity contribution in [3.63, 3.8) is 0 Å². The molecule has 1 N–H and O–H groups in total. The normalized spacial score (nSPS) is 14.3. The molecule has 1 aliphatic rings. The summed E-state index contributed by atoms with van der Waals surface area (Å²) in [6.45, 7) is 0.678. The summed E-state index contributed by atoms with van der Waals surface area (Å²) < 4.78 is 0. The Morgan fingerprint density at radius 3 is 3.00 bits per heavy atom. The number of benzene rings is 1. The van der Waals surface area contributed by atoms with E-state index >= 15 is 0 Å². The fraction of sp³-hybridized carbons (Fsp3) is 0.273. The zero-order valence-electron chi connectivity index (χ0n) is 8.05. The Morgan fingerprint density at radius 1 is 1.47 bits per heavy atom. The number of ketones is 1. The molecule has 0 saturated heterocycles. The van der Waals surface area contributed by atoms with Gasteiger partial charge in [-0.2, -0.15) is 0 Å². The summed E-state index contributed by atoms with van der Waals surface area (Å²) in [5, 5.41) is 3.05. The van der Waals surface area contributed by atoms with E-state index in [0.717, 1.165) is 12.0 Å². The van der Waals surface area contributed by atoms with Gasteiger partial charge >= 0.3 is 0 Å². The molecule has 1 aliphatic heterocycles. The molecular weight excluding hydrogens is 258 g/mol. The summed E-state index contributed by atoms with van der Waals surface area (Å²) in [5.41, 5.74) is 2.24. The first-order chi connectivity index (χ1) is 7.22. The van der Waals surface area contributed by atoms with Gasteiger partial charge in [-0.1, -0.05) is 28.1 Å². The van der Waals surface area contributed by atoms with Crippen molar-refractivity contribution in [2.24, 2.45) is 0 Å². The molecular formula is C11H10BrNO2. The maximum Gasteiger partial charge on any atom is 0.251 e. The minimum Gasteiger partial charge on any atom is -0.352 e. The van der Waals surface area contributed by atoms with E-state index in [-0.39, 0.29) is 17.0 Å². The van der Waals surface area contributed by atoms with Crippen LogP contribution < -0.4 is 5.32 Å². The van der Waals surface area contributed by atoms with Crippen LogP contribution in [-0.4, -0.2) is 23.6 Å². The van der Waals surface area contributed by atoms with Gasteiger partial charge in [0.1, 0.15) is 0 Å². The summed E-state index contributed by atoms with van der Waals surface area (Å²) in [5.74, 6) is -0.0864. The molecule has 0 atom stereocenters. The number of rotatable bonds is 2. The van der Waals surface area contributed by atoms with Gasteiger partial charge < -0.3 is 5.32 Å². The van der Waals surface area contributed by atoms with Gasteiger partial charge in [-0.15, -0.1) is 0 Å². The van der Waals surface area contributed by atoms with E-state index in [1.807, 2.05) is 6.07 Å². The molecule has 78 valence electrons. The van der Waals surface area contributed by atoms with Crippen molar-refractivity contribution < 1.29 is 9.59 Å². The Kier molecular flexibility index (Phi) is 2.86. The number of halogens is 1. The second kappa shape index (κ2) is 4.14. The topological polar surface area (TPSA) is 46.2 Å². The van der Waals surface area contributed by atoms with E-state index < -0.39 is 0 Å². The fourth-order valence-electron chi connectivity index (χ4n) is 1.66. The van der Waals surface area contributed by atoms with Gasteiger partial charge in [0, 0.05) is 17.7 Å². The van der Waals surface area contributed by atoms with E-state index in [9.17, 15) is 9.59 Å². The van der Waals surface area contributed by atoms with Gasteiger partial charge in [-0.3, -0.25) is 9.59 Å². The van der Waals surface area contributed by atoms with E-state index in [1.54, 1.807) is 12.1 Å². The van der Waals surface area contributed by atoms with Gasteiger partial charge in [0.05, 0.1) is 5.33 Å². The van der Waals surface area contributed by atoms with Crippen LogP contribution in [0, 0.1) is 0 Å². The average molecular weight is 268 g/mol. The number of nitrogens with one attached hydrogen (secondary N) is 1. The molecule has 4 heteroatoms. The third kappa shape index (κ3) is 1.95. The Hall–Kier alpha value is -1.16. The van der Waals surface area contributed by atoms with Crippen LogP contribution in [0.4, 0.5) is 0 Å². The highest BCUT2D eigenvalue weighted by atomic mass is 79.9. The van der Waals surface area contributed by atoms with Gasteiger partial charge in [-0.05, 0) is 18.1 Å². The fourth-order valence-corrected chi connectivity index (χ4v) is 1.99. The van der Waals surface area contributed by atoms with Gasteiger partial charge in [-0.25, -0.2) is 0 Å². The number of hydrogen-bond acceptors (Lipinski definition) is 2. The van der Waals surface area contributed by atoms with Crippen LogP contribution in [0.1, 0.15) is 26.3 Å². The molecule has 0 unspecified atom stereocenters. The minimum atomic E-state index is -0.0829. The SMILES string of the molecule is O=C(CBr)c1ccc2c(c1)C(=O)NCC2. The predicted octanol–water partition coefficient (Wildman–Crippen LogP) is 1.55. The van der Waals surface area contributed by atoms with E-state index in [1.165, 1.54) is 0 Å². The van der Waals surface area contributed by atoms with Crippen molar-refractivity contribution in [3.8, 4) is 0 Å². The Labute approximate surface area is 96.0 Å². The van der Waals surface area contributed by atoms with Crippen LogP contribution in [0.5, 0.6) is 0 Å². The zero-order chi connectivity index (χ0) is 10.8. The summed E-state index contributed by atoms with van der Waals surface area (Å²) in [6.07, 6.45) is 0.837. The lowest BCUT2D eigenvalue weighted by Gasteiger charge is -2.16. The van der Waals surface area contributed by atoms with E-state index in [4.69, 9.17) is 0 Å². The Morgan fingerprint density at radius 2 is 2.27 bits per heavy atom. The standard InChI is InChI=1S/C11H10BrNO2/c12-6-10(14)8-2-1-7-3-4-13-11(15)9(7)5-8/h1-2,5H,3-4,6H2,(H,13,15). The number of carbonyl (C=O) groups excluding carboxylic acids is 2. The minimum absolute atomic E-state index is 0.00354. The van der Waals surface area contributed by atoms with E-state index in [0.29, 0.717) is 17.7 Å². The number of amides is 1. The molecule has 0 fully saturated rings. The maximum atomic E-state index is 11.5. The molecule has 0 bridgehead atoms. The molecule has 1 heterocycles. The molecule has 3 nitrogen and oxygen atoms in total. The van der Waals surface area contributed by atoms with Crippen LogP contribution in [0.15, 0.2) is 18.2 Å². The lowest BCUT2D eigenvalue weighted by Crippen LogP contribution is -2.32. The molecule has 15 heavy (non-hydrogen) atoms. The third-order valence-corrected chi connectivity index (χ3v) is 2.99. The Bertz CT molecular complexity index is 429. The molecule has 2 rings (SSSR count). The van der Waals surface area contributed by atoms with Crippen molar-refractivity contribution in [2.75, 3.05) is 11.9 Å². The second-order valence-corrected chi connectivity index (χ2v) is 4.00. The highest BCUT2D eigenvalue weighted by Crippen LogP contribution is 2.16. The highest BCUT2D eigenvalue weighted by Gasteiger charge is 2.17. The Balaban J connectivity index is 2.44. The zero-order valence-corrected chi connectivity index (χ0v) is 9.63. The molecule has 1 amide bonds. The summed E-state index contributed by atoms with van der Waals surface area (Å²) in [6, 6.07) is 5.32. The average Bonchev–Trinajstić information content (AvgIpc) is 2.28. The number of Topliss-reactive ketones (excluding diaryl/α,β-unsaturated/α-hetero) is 1. The molecule has 0 aromatic heterocycles. The van der Waals surface area contributed by atoms with Crippen LogP contribution in [0.2, 0.25) is 0 Å². The number of fused-ring (bicyclic) bond motifs is 1. The van der Waals surface area contributed by atoms with Gasteiger partial charge in [0.15, 0.2) is 5.78 Å². The first kappa shape index (κ1) is 10.4. The largest absolute Gasteiger partial charge is 0.352 e. The van der Waals surface area contributed by atoms with Crippen LogP contribution in [0.3, 0.4) is 0 Å². The quantitative estimate of drug-likeness (QED) is 0.653. The van der Waals surface area contributed by atoms with Crippen LogP contribution in [0.25, 0.3) is 0 Å². The van der Waals surface area contributed by atoms with Crippen LogP contribution in [-0.2, 0) is 6.42 Å². The molecule has 1 aromatic carbocycles. The number of carbonyl (C=O) groups is 2. The molecule has 0 aliphatic carbocycles. The highest BCUT2D eigenvalue weighted by molar-refractivity contribution is 9.09. The van der Waals surface area contributed by atoms with E-state index in [2.05, 4.69) is 21.2 Å². The van der Waals surface area contributed by atoms with Crippen molar-refractivity contribution in [3.05, 3.63) is 34.9 Å². The first-order valence-electron chi connectivity index (χ1n) is 4.72. The lowest BCUT2D eigenvalue weighted by molar-refractivity contribution is 0.0946. The van der Waals surface area contributed by atoms with Crippen molar-refractivity contribution >= 4 is 27.6 Å². The molecule has 0 saturated carbocycles.